The van der Waals surface area contributed by atoms with E-state index in [1.54, 1.807) is 12.7 Å². The van der Waals surface area contributed by atoms with Crippen LogP contribution in [0.5, 0.6) is 0 Å². The third-order valence-electron chi connectivity index (χ3n) is 2.03. The molecule has 2 rings (SSSR count). The van der Waals surface area contributed by atoms with Crippen LogP contribution in [0.4, 0.5) is 0 Å². The van der Waals surface area contributed by atoms with Crippen LogP contribution in [0, 0.1) is 0 Å². The normalized spacial score (nSPS) is 10.7. The zero-order chi connectivity index (χ0) is 9.97. The predicted molar refractivity (Wildman–Crippen MR) is 50.2 cm³/mol. The Morgan fingerprint density at radius 3 is 2.86 bits per heavy atom. The summed E-state index contributed by atoms with van der Waals surface area (Å²) in [6.45, 7) is 1.13. The molecule has 0 aliphatic rings. The summed E-state index contributed by atoms with van der Waals surface area (Å²) < 4.78 is 3.81. The molecule has 0 spiro atoms. The molecule has 0 unspecified atom stereocenters. The first kappa shape index (κ1) is 8.89. The number of aromatic nitrogens is 5. The molecule has 0 aromatic carbocycles. The summed E-state index contributed by atoms with van der Waals surface area (Å²) in [4.78, 5) is 4.13. The second-order valence-corrected chi connectivity index (χ2v) is 3.10. The van der Waals surface area contributed by atoms with Gasteiger partial charge in [-0.25, -0.2) is 4.98 Å². The van der Waals surface area contributed by atoms with Crippen LogP contribution in [0.2, 0.25) is 0 Å². The van der Waals surface area contributed by atoms with E-state index in [9.17, 15) is 0 Å². The van der Waals surface area contributed by atoms with Gasteiger partial charge in [0.1, 0.15) is 6.33 Å². The minimum absolute atomic E-state index is 0.464. The lowest BCUT2D eigenvalue weighted by Gasteiger charge is -2.00. The second-order valence-electron chi connectivity index (χ2n) is 3.10. The van der Waals surface area contributed by atoms with Gasteiger partial charge < -0.3 is 14.9 Å². The van der Waals surface area contributed by atoms with Crippen molar-refractivity contribution in [3.8, 4) is 0 Å². The van der Waals surface area contributed by atoms with Gasteiger partial charge in [0.15, 0.2) is 5.82 Å². The van der Waals surface area contributed by atoms with Gasteiger partial charge in [-0.15, -0.1) is 10.2 Å². The molecule has 2 aromatic heterocycles. The first-order valence-electron chi connectivity index (χ1n) is 4.33. The van der Waals surface area contributed by atoms with Crippen LogP contribution >= 0.6 is 0 Å². The Morgan fingerprint density at radius 1 is 1.43 bits per heavy atom. The Kier molecular flexibility index (Phi) is 2.28. The molecule has 0 saturated heterocycles. The third kappa shape index (κ3) is 1.64. The summed E-state index contributed by atoms with van der Waals surface area (Å²) >= 11 is 0. The van der Waals surface area contributed by atoms with E-state index in [2.05, 4.69) is 15.2 Å². The van der Waals surface area contributed by atoms with Crippen molar-refractivity contribution < 1.29 is 0 Å². The summed E-state index contributed by atoms with van der Waals surface area (Å²) in [5.74, 6) is 0.894. The van der Waals surface area contributed by atoms with Crippen LogP contribution in [0.3, 0.4) is 0 Å². The minimum Gasteiger partial charge on any atom is -0.329 e. The topological polar surface area (TPSA) is 74.5 Å². The fourth-order valence-corrected chi connectivity index (χ4v) is 1.21. The average molecular weight is 192 g/mol. The van der Waals surface area contributed by atoms with Gasteiger partial charge in [0.25, 0.3) is 0 Å². The lowest BCUT2D eigenvalue weighted by molar-refractivity contribution is 0.696. The van der Waals surface area contributed by atoms with Crippen molar-refractivity contribution in [1.29, 1.82) is 0 Å². The Bertz CT molecular complexity index is 415. The highest BCUT2D eigenvalue weighted by molar-refractivity contribution is 4.98. The minimum atomic E-state index is 0.464. The molecule has 2 N–H and O–H groups in total. The van der Waals surface area contributed by atoms with Crippen LogP contribution in [0.1, 0.15) is 11.5 Å². The first-order valence-corrected chi connectivity index (χ1v) is 4.33. The van der Waals surface area contributed by atoms with Gasteiger partial charge in [-0.1, -0.05) is 0 Å². The molecule has 6 nitrogen and oxygen atoms in total. The summed E-state index contributed by atoms with van der Waals surface area (Å²) in [7, 11) is 1.91. The molecule has 74 valence electrons. The molecular formula is C8H12N6. The van der Waals surface area contributed by atoms with Gasteiger partial charge in [0, 0.05) is 19.8 Å². The fraction of sp³-hybridized carbons (Fsp3) is 0.375. The lowest BCUT2D eigenvalue weighted by atomic mass is 10.5. The summed E-state index contributed by atoms with van der Waals surface area (Å²) in [5.41, 5.74) is 6.34. The Hall–Kier alpha value is -1.69. The van der Waals surface area contributed by atoms with Crippen molar-refractivity contribution in [2.24, 2.45) is 12.8 Å². The summed E-state index contributed by atoms with van der Waals surface area (Å²) in [5, 5.41) is 7.78. The van der Waals surface area contributed by atoms with Crippen molar-refractivity contribution in [3.05, 3.63) is 30.4 Å². The van der Waals surface area contributed by atoms with Crippen molar-refractivity contribution in [2.45, 2.75) is 13.1 Å². The SMILES string of the molecule is Cn1cnnc1Cn1cnc(CN)c1. The van der Waals surface area contributed by atoms with E-state index in [0.717, 1.165) is 11.5 Å². The molecule has 0 radical (unpaired) electrons. The zero-order valence-corrected chi connectivity index (χ0v) is 7.96. The molecule has 0 atom stereocenters. The summed E-state index contributed by atoms with van der Waals surface area (Å²) in [6.07, 6.45) is 5.33. The first-order chi connectivity index (χ1) is 6.79. The number of nitrogens with zero attached hydrogens (tertiary/aromatic N) is 5. The van der Waals surface area contributed by atoms with Gasteiger partial charge in [0.2, 0.25) is 0 Å². The van der Waals surface area contributed by atoms with Crippen molar-refractivity contribution >= 4 is 0 Å². The Morgan fingerprint density at radius 2 is 2.29 bits per heavy atom. The standard InChI is InChI=1S/C8H12N6/c1-13-6-11-12-8(13)4-14-3-7(2-9)10-5-14/h3,5-6H,2,4,9H2,1H3. The number of aryl methyl sites for hydroxylation is 1. The summed E-state index contributed by atoms with van der Waals surface area (Å²) in [6, 6.07) is 0. The number of hydrogen-bond acceptors (Lipinski definition) is 4. The van der Waals surface area contributed by atoms with E-state index in [1.165, 1.54) is 0 Å². The van der Waals surface area contributed by atoms with Gasteiger partial charge in [-0.3, -0.25) is 0 Å². The highest BCUT2D eigenvalue weighted by Gasteiger charge is 2.02. The maximum absolute atomic E-state index is 5.46. The van der Waals surface area contributed by atoms with Crippen LogP contribution in [0.25, 0.3) is 0 Å². The highest BCUT2D eigenvalue weighted by Crippen LogP contribution is 1.99. The number of imidazole rings is 1. The van der Waals surface area contributed by atoms with Gasteiger partial charge in [-0.2, -0.15) is 0 Å². The maximum Gasteiger partial charge on any atom is 0.152 e. The van der Waals surface area contributed by atoms with Crippen molar-refractivity contribution in [2.75, 3.05) is 0 Å². The smallest absolute Gasteiger partial charge is 0.152 e. The third-order valence-corrected chi connectivity index (χ3v) is 2.03. The molecule has 2 aromatic rings. The molecule has 0 bridgehead atoms. The van der Waals surface area contributed by atoms with E-state index in [-0.39, 0.29) is 0 Å². The maximum atomic E-state index is 5.46. The molecule has 6 heteroatoms. The van der Waals surface area contributed by atoms with E-state index >= 15 is 0 Å². The van der Waals surface area contributed by atoms with Gasteiger partial charge in [-0.05, 0) is 0 Å². The largest absolute Gasteiger partial charge is 0.329 e. The Balaban J connectivity index is 2.15. The molecule has 0 fully saturated rings. The van der Waals surface area contributed by atoms with E-state index in [0.29, 0.717) is 13.1 Å². The van der Waals surface area contributed by atoms with E-state index < -0.39 is 0 Å². The van der Waals surface area contributed by atoms with Crippen LogP contribution < -0.4 is 5.73 Å². The number of rotatable bonds is 3. The second kappa shape index (κ2) is 3.59. The quantitative estimate of drug-likeness (QED) is 0.712. The monoisotopic (exact) mass is 192 g/mol. The van der Waals surface area contributed by atoms with Gasteiger partial charge >= 0.3 is 0 Å². The highest BCUT2D eigenvalue weighted by atomic mass is 15.3. The lowest BCUT2D eigenvalue weighted by Crippen LogP contribution is -2.04. The zero-order valence-electron chi connectivity index (χ0n) is 7.96. The van der Waals surface area contributed by atoms with Crippen LogP contribution in [-0.4, -0.2) is 24.3 Å². The van der Waals surface area contributed by atoms with Crippen LogP contribution in [0.15, 0.2) is 18.9 Å². The molecule has 2 heterocycles. The van der Waals surface area contributed by atoms with Crippen LogP contribution in [-0.2, 0) is 20.1 Å². The van der Waals surface area contributed by atoms with Crippen molar-refractivity contribution in [3.63, 3.8) is 0 Å². The van der Waals surface area contributed by atoms with Gasteiger partial charge in [0.05, 0.1) is 18.6 Å². The molecule has 0 saturated carbocycles. The average Bonchev–Trinajstić information content (AvgIpc) is 2.77. The number of hydrogen-bond donors (Lipinski definition) is 1. The Labute approximate surface area is 81.4 Å². The molecule has 0 aliphatic carbocycles. The van der Waals surface area contributed by atoms with E-state index in [4.69, 9.17) is 5.73 Å². The molecule has 0 amide bonds. The number of nitrogens with two attached hydrogens (primary N) is 1. The van der Waals surface area contributed by atoms with Crippen molar-refractivity contribution in [1.82, 2.24) is 24.3 Å². The fourth-order valence-electron chi connectivity index (χ4n) is 1.21. The molecule has 14 heavy (non-hydrogen) atoms. The predicted octanol–water partition coefficient (Wildman–Crippen LogP) is -0.481. The molecular weight excluding hydrogens is 180 g/mol. The van der Waals surface area contributed by atoms with E-state index in [1.807, 2.05) is 22.4 Å². The molecule has 0 aliphatic heterocycles.